The average molecular weight is 362 g/mol. The van der Waals surface area contributed by atoms with Crippen LogP contribution in [-0.2, 0) is 10.0 Å². The summed E-state index contributed by atoms with van der Waals surface area (Å²) in [7, 11) is -3.48. The number of hydrogen-bond donors (Lipinski definition) is 1. The number of aryl methyl sites for hydroxylation is 1. The first-order chi connectivity index (χ1) is 12.0. The predicted molar refractivity (Wildman–Crippen MR) is 93.7 cm³/mol. The number of carbonyl (C=O) groups excluding carboxylic acids is 1. The van der Waals surface area contributed by atoms with Crippen LogP contribution in [0.25, 0.3) is 0 Å². The quantitative estimate of drug-likeness (QED) is 0.886. The molecule has 1 aromatic heterocycles. The summed E-state index contributed by atoms with van der Waals surface area (Å²) in [5.74, 6) is 0.195. The van der Waals surface area contributed by atoms with Crippen LogP contribution in [0.4, 0.5) is 0 Å². The van der Waals surface area contributed by atoms with Gasteiger partial charge in [0.15, 0.2) is 0 Å². The summed E-state index contributed by atoms with van der Waals surface area (Å²) < 4.78 is 32.3. The number of rotatable bonds is 5. The molecule has 1 saturated heterocycles. The van der Waals surface area contributed by atoms with Gasteiger partial charge in [-0.05, 0) is 43.9 Å². The Morgan fingerprint density at radius 2 is 1.88 bits per heavy atom. The number of likely N-dealkylation sites (tertiary alicyclic amines) is 1. The van der Waals surface area contributed by atoms with Gasteiger partial charge in [-0.25, -0.2) is 13.1 Å². The molecule has 6 nitrogen and oxygen atoms in total. The third kappa shape index (κ3) is 4.29. The fraction of sp³-hybridized carbons (Fsp3) is 0.389. The lowest BCUT2D eigenvalue weighted by Crippen LogP contribution is -2.41. The highest BCUT2D eigenvalue weighted by Crippen LogP contribution is 2.19. The molecule has 1 aliphatic heterocycles. The number of carbonyl (C=O) groups is 1. The minimum atomic E-state index is -3.48. The normalized spacial score (nSPS) is 16.1. The van der Waals surface area contributed by atoms with Crippen LogP contribution in [0.1, 0.15) is 28.8 Å². The second-order valence-corrected chi connectivity index (χ2v) is 8.18. The molecule has 0 unspecified atom stereocenters. The van der Waals surface area contributed by atoms with Gasteiger partial charge < -0.3 is 9.32 Å². The minimum absolute atomic E-state index is 0.0348. The molecule has 25 heavy (non-hydrogen) atoms. The third-order valence-electron chi connectivity index (χ3n) is 4.56. The van der Waals surface area contributed by atoms with Crippen molar-refractivity contribution in [3.05, 3.63) is 54.0 Å². The molecule has 1 aliphatic rings. The monoisotopic (exact) mass is 362 g/mol. The minimum Gasteiger partial charge on any atom is -0.472 e. The van der Waals surface area contributed by atoms with Gasteiger partial charge in [0.1, 0.15) is 6.26 Å². The zero-order chi connectivity index (χ0) is 17.9. The van der Waals surface area contributed by atoms with E-state index in [4.69, 9.17) is 4.42 Å². The standard InChI is InChI=1S/C18H22N2O4S/c1-14-2-4-17(5-3-14)25(22,23)19-12-15-6-9-20(10-7-15)18(21)16-8-11-24-13-16/h2-5,8,11,13,15,19H,6-7,9-10,12H2,1H3. The molecule has 2 aromatic rings. The zero-order valence-electron chi connectivity index (χ0n) is 14.1. The van der Waals surface area contributed by atoms with Gasteiger partial charge in [0.25, 0.3) is 5.91 Å². The van der Waals surface area contributed by atoms with Crippen molar-refractivity contribution >= 4 is 15.9 Å². The summed E-state index contributed by atoms with van der Waals surface area (Å²) in [5.41, 5.74) is 1.58. The third-order valence-corrected chi connectivity index (χ3v) is 6.00. The van der Waals surface area contributed by atoms with E-state index < -0.39 is 10.0 Å². The summed E-state index contributed by atoms with van der Waals surface area (Å²) >= 11 is 0. The van der Waals surface area contributed by atoms with Crippen LogP contribution in [0.3, 0.4) is 0 Å². The molecule has 2 heterocycles. The molecule has 0 atom stereocenters. The first-order valence-corrected chi connectivity index (χ1v) is 9.82. The van der Waals surface area contributed by atoms with E-state index in [1.165, 1.54) is 12.5 Å². The number of amides is 1. The number of hydrogen-bond acceptors (Lipinski definition) is 4. The summed E-state index contributed by atoms with van der Waals surface area (Å²) in [4.78, 5) is 14.3. The van der Waals surface area contributed by atoms with Gasteiger partial charge in [-0.3, -0.25) is 4.79 Å². The SMILES string of the molecule is Cc1ccc(S(=O)(=O)NCC2CCN(C(=O)c3ccoc3)CC2)cc1. The number of sulfonamides is 1. The van der Waals surface area contributed by atoms with Crippen LogP contribution in [-0.4, -0.2) is 38.9 Å². The van der Waals surface area contributed by atoms with Crippen molar-refractivity contribution in [1.29, 1.82) is 0 Å². The van der Waals surface area contributed by atoms with Crippen molar-refractivity contribution in [3.63, 3.8) is 0 Å². The molecule has 0 radical (unpaired) electrons. The van der Waals surface area contributed by atoms with E-state index >= 15 is 0 Å². The van der Waals surface area contributed by atoms with E-state index in [1.807, 2.05) is 6.92 Å². The van der Waals surface area contributed by atoms with E-state index in [2.05, 4.69) is 4.72 Å². The number of nitrogens with zero attached hydrogens (tertiary/aromatic N) is 1. The molecule has 1 fully saturated rings. The molecule has 7 heteroatoms. The maximum atomic E-state index is 12.3. The van der Waals surface area contributed by atoms with Crippen LogP contribution in [0.15, 0.2) is 52.2 Å². The van der Waals surface area contributed by atoms with Gasteiger partial charge in [-0.15, -0.1) is 0 Å². The van der Waals surface area contributed by atoms with E-state index in [1.54, 1.807) is 35.2 Å². The van der Waals surface area contributed by atoms with Gasteiger partial charge in [0.05, 0.1) is 16.7 Å². The second kappa shape index (κ2) is 7.41. The maximum Gasteiger partial charge on any atom is 0.257 e. The summed E-state index contributed by atoms with van der Waals surface area (Å²) in [5, 5.41) is 0. The van der Waals surface area contributed by atoms with Crippen molar-refractivity contribution in [2.75, 3.05) is 19.6 Å². The summed E-state index contributed by atoms with van der Waals surface area (Å²) in [6.45, 7) is 3.56. The molecular weight excluding hydrogens is 340 g/mol. The summed E-state index contributed by atoms with van der Waals surface area (Å²) in [6.07, 6.45) is 4.49. The lowest BCUT2D eigenvalue weighted by Gasteiger charge is -2.31. The van der Waals surface area contributed by atoms with E-state index in [9.17, 15) is 13.2 Å². The van der Waals surface area contributed by atoms with Crippen molar-refractivity contribution in [3.8, 4) is 0 Å². The van der Waals surface area contributed by atoms with E-state index in [0.29, 0.717) is 25.2 Å². The molecule has 1 amide bonds. The predicted octanol–water partition coefficient (Wildman–Crippen LogP) is 2.42. The summed E-state index contributed by atoms with van der Waals surface area (Å²) in [6, 6.07) is 8.46. The lowest BCUT2D eigenvalue weighted by atomic mass is 9.97. The molecule has 134 valence electrons. The Kier molecular flexibility index (Phi) is 5.24. The number of piperidine rings is 1. The van der Waals surface area contributed by atoms with Crippen LogP contribution >= 0.6 is 0 Å². The van der Waals surface area contributed by atoms with Crippen LogP contribution in [0, 0.1) is 12.8 Å². The topological polar surface area (TPSA) is 79.6 Å². The van der Waals surface area contributed by atoms with Crippen LogP contribution in [0.2, 0.25) is 0 Å². The average Bonchev–Trinajstić information content (AvgIpc) is 3.15. The Morgan fingerprint density at radius 1 is 1.20 bits per heavy atom. The second-order valence-electron chi connectivity index (χ2n) is 6.41. The van der Waals surface area contributed by atoms with Crippen molar-refractivity contribution in [2.24, 2.45) is 5.92 Å². The number of nitrogens with one attached hydrogen (secondary N) is 1. The van der Waals surface area contributed by atoms with Gasteiger partial charge in [0, 0.05) is 19.6 Å². The molecule has 0 bridgehead atoms. The molecule has 0 saturated carbocycles. The van der Waals surface area contributed by atoms with Crippen molar-refractivity contribution in [2.45, 2.75) is 24.7 Å². The van der Waals surface area contributed by atoms with Crippen LogP contribution < -0.4 is 4.72 Å². The largest absolute Gasteiger partial charge is 0.472 e. The highest BCUT2D eigenvalue weighted by Gasteiger charge is 2.25. The number of furan rings is 1. The Morgan fingerprint density at radius 3 is 2.48 bits per heavy atom. The van der Waals surface area contributed by atoms with Gasteiger partial charge in [0.2, 0.25) is 10.0 Å². The van der Waals surface area contributed by atoms with Crippen LogP contribution in [0.5, 0.6) is 0 Å². The van der Waals surface area contributed by atoms with Crippen molar-refractivity contribution in [1.82, 2.24) is 9.62 Å². The fourth-order valence-corrected chi connectivity index (χ4v) is 4.05. The Bertz CT molecular complexity index is 805. The Hall–Kier alpha value is -2.12. The molecule has 0 aliphatic carbocycles. The first kappa shape index (κ1) is 17.7. The fourth-order valence-electron chi connectivity index (χ4n) is 2.94. The molecule has 1 aromatic carbocycles. The molecule has 1 N–H and O–H groups in total. The highest BCUT2D eigenvalue weighted by molar-refractivity contribution is 7.89. The first-order valence-electron chi connectivity index (χ1n) is 8.33. The van der Waals surface area contributed by atoms with E-state index in [0.717, 1.165) is 18.4 Å². The maximum absolute atomic E-state index is 12.3. The van der Waals surface area contributed by atoms with Gasteiger partial charge in [-0.2, -0.15) is 0 Å². The Balaban J connectivity index is 1.51. The van der Waals surface area contributed by atoms with Crippen molar-refractivity contribution < 1.29 is 17.6 Å². The number of benzene rings is 1. The molecule has 0 spiro atoms. The Labute approximate surface area is 147 Å². The zero-order valence-corrected chi connectivity index (χ0v) is 15.0. The smallest absolute Gasteiger partial charge is 0.257 e. The van der Waals surface area contributed by atoms with Gasteiger partial charge >= 0.3 is 0 Å². The van der Waals surface area contributed by atoms with Gasteiger partial charge in [-0.1, -0.05) is 17.7 Å². The molecular formula is C18H22N2O4S. The van der Waals surface area contributed by atoms with E-state index in [-0.39, 0.29) is 16.7 Å². The lowest BCUT2D eigenvalue weighted by molar-refractivity contribution is 0.0691. The molecule has 3 rings (SSSR count). The highest BCUT2D eigenvalue weighted by atomic mass is 32.2.